The number of nitrogens with zero attached hydrogens (tertiary/aromatic N) is 4. The highest BCUT2D eigenvalue weighted by atomic mass is 16.6. The number of nitrogens with one attached hydrogen (secondary N) is 1. The predicted molar refractivity (Wildman–Crippen MR) is 66.2 cm³/mol. The Morgan fingerprint density at radius 3 is 2.89 bits per heavy atom. The Morgan fingerprint density at radius 2 is 2.06 bits per heavy atom. The highest BCUT2D eigenvalue weighted by Gasteiger charge is 2.05. The van der Waals surface area contributed by atoms with Crippen molar-refractivity contribution in [2.24, 2.45) is 0 Å². The molecule has 1 aromatic carbocycles. The highest BCUT2D eigenvalue weighted by molar-refractivity contribution is 5.43. The summed E-state index contributed by atoms with van der Waals surface area (Å²) in [5.41, 5.74) is 3.69. The van der Waals surface area contributed by atoms with E-state index in [-0.39, 0.29) is 0 Å². The number of aryl methyl sites for hydroxylation is 1. The molecule has 1 N–H and O–H groups in total. The Hall–Kier alpha value is -2.63. The quantitative estimate of drug-likeness (QED) is 0.709. The molecule has 0 fully saturated rings. The minimum Gasteiger partial charge on any atom is -0.381 e. The maximum atomic E-state index is 5.46. The molecule has 90 valence electrons. The summed E-state index contributed by atoms with van der Waals surface area (Å²) >= 11 is 0. The molecule has 6 heteroatoms. The molecule has 18 heavy (non-hydrogen) atoms. The van der Waals surface area contributed by atoms with Crippen molar-refractivity contribution in [1.82, 2.24) is 19.6 Å². The summed E-state index contributed by atoms with van der Waals surface area (Å²) in [5.74, 6) is 1.94. The lowest BCUT2D eigenvalue weighted by Crippen LogP contribution is -2.10. The second kappa shape index (κ2) is 4.33. The zero-order valence-corrected chi connectivity index (χ0v) is 9.74. The number of aromatic nitrogens is 4. The third kappa shape index (κ3) is 1.95. The maximum Gasteiger partial charge on any atom is 0.254 e. The molecule has 0 saturated carbocycles. The van der Waals surface area contributed by atoms with Gasteiger partial charge in [-0.05, 0) is 19.1 Å². The van der Waals surface area contributed by atoms with Gasteiger partial charge >= 0.3 is 0 Å². The molecule has 0 aliphatic rings. The van der Waals surface area contributed by atoms with Crippen molar-refractivity contribution in [2.75, 3.05) is 5.48 Å². The molecular formula is C12H11N5O. The maximum absolute atomic E-state index is 5.46. The number of rotatable bonds is 3. The summed E-state index contributed by atoms with van der Waals surface area (Å²) in [7, 11) is 0. The van der Waals surface area contributed by atoms with E-state index in [4.69, 9.17) is 4.84 Å². The lowest BCUT2D eigenvalue weighted by Gasteiger charge is -2.09. The fraction of sp³-hybridized carbons (Fsp3) is 0.0833. The molecule has 0 bridgehead atoms. The summed E-state index contributed by atoms with van der Waals surface area (Å²) in [6, 6.07) is 11.3. The van der Waals surface area contributed by atoms with Crippen molar-refractivity contribution in [3.63, 3.8) is 0 Å². The van der Waals surface area contributed by atoms with Crippen molar-refractivity contribution < 1.29 is 4.84 Å². The number of para-hydroxylation sites is 1. The summed E-state index contributed by atoms with van der Waals surface area (Å²) in [5, 5.41) is 4.07. The first-order valence-corrected chi connectivity index (χ1v) is 5.48. The molecular weight excluding hydrogens is 230 g/mol. The van der Waals surface area contributed by atoms with Crippen LogP contribution >= 0.6 is 0 Å². The molecule has 3 aromatic rings. The van der Waals surface area contributed by atoms with Gasteiger partial charge in [0.1, 0.15) is 6.33 Å². The van der Waals surface area contributed by atoms with Gasteiger partial charge in [0.05, 0.1) is 0 Å². The fourth-order valence-electron chi connectivity index (χ4n) is 1.60. The van der Waals surface area contributed by atoms with Gasteiger partial charge in [-0.3, -0.25) is 0 Å². The molecule has 0 saturated heterocycles. The van der Waals surface area contributed by atoms with Gasteiger partial charge in [-0.1, -0.05) is 18.2 Å². The molecule has 0 unspecified atom stereocenters. The first kappa shape index (κ1) is 10.5. The summed E-state index contributed by atoms with van der Waals surface area (Å²) in [4.78, 5) is 13.7. The normalized spacial score (nSPS) is 10.5. The van der Waals surface area contributed by atoms with Gasteiger partial charge in [-0.15, -0.1) is 0 Å². The van der Waals surface area contributed by atoms with Crippen LogP contribution in [0.5, 0.6) is 5.75 Å². The lowest BCUT2D eigenvalue weighted by atomic mass is 10.3. The van der Waals surface area contributed by atoms with Crippen LogP contribution in [0.25, 0.3) is 5.78 Å². The average Bonchev–Trinajstić information content (AvgIpc) is 2.85. The Morgan fingerprint density at radius 1 is 1.22 bits per heavy atom. The average molecular weight is 241 g/mol. The largest absolute Gasteiger partial charge is 0.381 e. The topological polar surface area (TPSA) is 64.3 Å². The van der Waals surface area contributed by atoms with Crippen molar-refractivity contribution in [3.05, 3.63) is 48.4 Å². The first-order valence-electron chi connectivity index (χ1n) is 5.48. The minimum atomic E-state index is 0.536. The predicted octanol–water partition coefficient (Wildman–Crippen LogP) is 1.84. The highest BCUT2D eigenvalue weighted by Crippen LogP contribution is 2.13. The minimum absolute atomic E-state index is 0.536. The Labute approximate surface area is 103 Å². The van der Waals surface area contributed by atoms with Crippen LogP contribution in [-0.2, 0) is 0 Å². The standard InChI is InChI=1S/C12H11N5O/c1-9-7-11(17-12(15-9)13-8-14-17)16-18-10-5-3-2-4-6-10/h2-8,16H,1H3. The third-order valence-corrected chi connectivity index (χ3v) is 2.40. The molecule has 0 spiro atoms. The Balaban J connectivity index is 1.88. The van der Waals surface area contributed by atoms with E-state index in [9.17, 15) is 0 Å². The lowest BCUT2D eigenvalue weighted by molar-refractivity contribution is 0.400. The monoisotopic (exact) mass is 241 g/mol. The number of anilines is 1. The van der Waals surface area contributed by atoms with Gasteiger partial charge in [0.15, 0.2) is 11.6 Å². The van der Waals surface area contributed by atoms with Crippen LogP contribution < -0.4 is 10.3 Å². The van der Waals surface area contributed by atoms with Gasteiger partial charge in [0, 0.05) is 11.8 Å². The first-order chi connectivity index (χ1) is 8.83. The SMILES string of the molecule is Cc1cc(NOc2ccccc2)n2ncnc2n1. The third-order valence-electron chi connectivity index (χ3n) is 2.40. The van der Waals surface area contributed by atoms with Crippen molar-refractivity contribution in [1.29, 1.82) is 0 Å². The zero-order valence-electron chi connectivity index (χ0n) is 9.74. The van der Waals surface area contributed by atoms with Crippen molar-refractivity contribution >= 4 is 11.6 Å². The number of fused-ring (bicyclic) bond motifs is 1. The smallest absolute Gasteiger partial charge is 0.254 e. The molecule has 0 atom stereocenters. The second-order valence-electron chi connectivity index (χ2n) is 3.77. The van der Waals surface area contributed by atoms with Crippen molar-refractivity contribution in [3.8, 4) is 5.75 Å². The van der Waals surface area contributed by atoms with E-state index in [1.54, 1.807) is 4.52 Å². The van der Waals surface area contributed by atoms with Crippen LogP contribution in [0.3, 0.4) is 0 Å². The van der Waals surface area contributed by atoms with E-state index in [1.165, 1.54) is 6.33 Å². The van der Waals surface area contributed by atoms with E-state index < -0.39 is 0 Å². The molecule has 3 rings (SSSR count). The van der Waals surface area contributed by atoms with Crippen LogP contribution in [0.2, 0.25) is 0 Å². The van der Waals surface area contributed by atoms with Crippen LogP contribution in [0, 0.1) is 6.92 Å². The van der Waals surface area contributed by atoms with E-state index in [0.29, 0.717) is 11.6 Å². The fourth-order valence-corrected chi connectivity index (χ4v) is 1.60. The summed E-state index contributed by atoms with van der Waals surface area (Å²) in [6.07, 6.45) is 1.45. The molecule has 2 aromatic heterocycles. The van der Waals surface area contributed by atoms with E-state index >= 15 is 0 Å². The summed E-state index contributed by atoms with van der Waals surface area (Å²) in [6.45, 7) is 1.89. The van der Waals surface area contributed by atoms with E-state index in [0.717, 1.165) is 11.4 Å². The molecule has 0 aliphatic carbocycles. The molecule has 6 nitrogen and oxygen atoms in total. The van der Waals surface area contributed by atoms with Crippen molar-refractivity contribution in [2.45, 2.75) is 6.92 Å². The molecule has 0 aliphatic heterocycles. The Kier molecular flexibility index (Phi) is 2.53. The van der Waals surface area contributed by atoms with Gasteiger partial charge in [0.2, 0.25) is 0 Å². The van der Waals surface area contributed by atoms with Gasteiger partial charge in [0.25, 0.3) is 5.78 Å². The van der Waals surface area contributed by atoms with Gasteiger partial charge < -0.3 is 4.84 Å². The van der Waals surface area contributed by atoms with E-state index in [2.05, 4.69) is 20.5 Å². The molecule has 0 amide bonds. The number of hydrogen-bond donors (Lipinski definition) is 1. The van der Waals surface area contributed by atoms with Crippen LogP contribution in [0.4, 0.5) is 5.82 Å². The molecule has 0 radical (unpaired) electrons. The van der Waals surface area contributed by atoms with Gasteiger partial charge in [-0.2, -0.15) is 14.6 Å². The number of benzene rings is 1. The number of hydrogen-bond acceptors (Lipinski definition) is 5. The van der Waals surface area contributed by atoms with Crippen LogP contribution in [-0.4, -0.2) is 19.6 Å². The van der Waals surface area contributed by atoms with Crippen LogP contribution in [0.1, 0.15) is 5.69 Å². The zero-order chi connectivity index (χ0) is 12.4. The Bertz CT molecular complexity index is 665. The van der Waals surface area contributed by atoms with Gasteiger partial charge in [-0.25, -0.2) is 10.5 Å². The molecule has 2 heterocycles. The second-order valence-corrected chi connectivity index (χ2v) is 3.77. The van der Waals surface area contributed by atoms with Crippen LogP contribution in [0.15, 0.2) is 42.7 Å². The van der Waals surface area contributed by atoms with E-state index in [1.807, 2.05) is 43.3 Å². The summed E-state index contributed by atoms with van der Waals surface area (Å²) < 4.78 is 1.58.